The lowest BCUT2D eigenvalue weighted by Gasteiger charge is -2.40. The third-order valence-electron chi connectivity index (χ3n) is 10.1. The summed E-state index contributed by atoms with van der Waals surface area (Å²) < 4.78 is 17.1. The van der Waals surface area contributed by atoms with Crippen LogP contribution in [0.4, 0.5) is 0 Å². The van der Waals surface area contributed by atoms with E-state index in [1.807, 2.05) is 0 Å². The van der Waals surface area contributed by atoms with Crippen molar-refractivity contribution in [1.82, 2.24) is 0 Å². The van der Waals surface area contributed by atoms with Crippen molar-refractivity contribution in [1.29, 1.82) is 0 Å². The van der Waals surface area contributed by atoms with Crippen molar-refractivity contribution in [2.75, 3.05) is 26.4 Å². The zero-order valence-corrected chi connectivity index (χ0v) is 28.2. The van der Waals surface area contributed by atoms with E-state index >= 15 is 0 Å². The van der Waals surface area contributed by atoms with E-state index in [1.54, 1.807) is 6.92 Å². The summed E-state index contributed by atoms with van der Waals surface area (Å²) in [7, 11) is 0. The molecule has 0 spiro atoms. The number of ether oxygens (including phenoxy) is 3. The molecule has 2 fully saturated rings. The fraction of sp³-hybridized carbons (Fsp3) is 0.692. The maximum atomic E-state index is 11.9. The molecule has 1 N–H and O–H groups in total. The molecule has 0 bridgehead atoms. The average Bonchev–Trinajstić information content (AvgIpc) is 3.06. The molecule has 3 unspecified atom stereocenters. The van der Waals surface area contributed by atoms with E-state index in [0.29, 0.717) is 24.3 Å². The van der Waals surface area contributed by atoms with Crippen LogP contribution >= 0.6 is 0 Å². The van der Waals surface area contributed by atoms with E-state index in [9.17, 15) is 9.59 Å². The molecule has 252 valence electrons. The standard InChI is InChI=1S/C39H60O6/c1-5-6-7-10-31-13-15-32(16-14-31)11-8-9-12-33-17-19-34(20-18-33)36-21-22-37(45-28-36)35(23-25-43-38(41)29(2)3)24-26-44-39(42)30(4)27-40/h13-16,33-37,40H,2,4-12,17-28H2,1,3H3. The molecule has 1 aromatic carbocycles. The molecule has 0 aromatic heterocycles. The summed E-state index contributed by atoms with van der Waals surface area (Å²) in [5.74, 6) is 1.38. The Morgan fingerprint density at radius 2 is 1.42 bits per heavy atom. The summed E-state index contributed by atoms with van der Waals surface area (Å²) in [5, 5.41) is 9.12. The number of aliphatic hydroxyl groups excluding tert-OH is 1. The Morgan fingerprint density at radius 1 is 0.844 bits per heavy atom. The second-order valence-electron chi connectivity index (χ2n) is 13.7. The zero-order valence-electron chi connectivity index (χ0n) is 28.2. The van der Waals surface area contributed by atoms with Crippen molar-refractivity contribution in [3.8, 4) is 0 Å². The van der Waals surface area contributed by atoms with Crippen molar-refractivity contribution in [3.05, 3.63) is 59.7 Å². The maximum Gasteiger partial charge on any atom is 0.335 e. The van der Waals surface area contributed by atoms with Crippen LogP contribution in [0, 0.1) is 23.7 Å². The normalized spacial score (nSPS) is 22.4. The number of unbranched alkanes of at least 4 members (excludes halogenated alkanes) is 3. The second kappa shape index (κ2) is 20.6. The Morgan fingerprint density at radius 3 is 1.96 bits per heavy atom. The first-order chi connectivity index (χ1) is 21.8. The van der Waals surface area contributed by atoms with Crippen molar-refractivity contribution in [2.24, 2.45) is 23.7 Å². The van der Waals surface area contributed by atoms with Gasteiger partial charge in [0.15, 0.2) is 0 Å². The summed E-state index contributed by atoms with van der Waals surface area (Å²) in [5.41, 5.74) is 3.39. The SMILES string of the molecule is C=C(C)C(=O)OCCC(CCOC(=O)C(=C)CO)C1CCC(C2CCC(CCCCc3ccc(CCCCC)cc3)CC2)CO1. The molecule has 1 saturated carbocycles. The van der Waals surface area contributed by atoms with Crippen LogP contribution in [-0.4, -0.2) is 49.6 Å². The van der Waals surface area contributed by atoms with Gasteiger partial charge in [-0.25, -0.2) is 9.59 Å². The van der Waals surface area contributed by atoms with E-state index in [4.69, 9.17) is 19.3 Å². The third-order valence-corrected chi connectivity index (χ3v) is 10.1. The molecular formula is C39H60O6. The highest BCUT2D eigenvalue weighted by Gasteiger charge is 2.34. The number of esters is 2. The van der Waals surface area contributed by atoms with Crippen LogP contribution in [0.15, 0.2) is 48.6 Å². The summed E-state index contributed by atoms with van der Waals surface area (Å²) in [4.78, 5) is 23.8. The maximum absolute atomic E-state index is 11.9. The predicted molar refractivity (Wildman–Crippen MR) is 181 cm³/mol. The lowest BCUT2D eigenvalue weighted by Crippen LogP contribution is -2.37. The molecule has 1 heterocycles. The van der Waals surface area contributed by atoms with Gasteiger partial charge in [-0.05, 0) is 106 Å². The Labute approximate surface area is 273 Å². The zero-order chi connectivity index (χ0) is 32.4. The number of rotatable bonds is 20. The Bertz CT molecular complexity index is 1030. The van der Waals surface area contributed by atoms with E-state index in [1.165, 1.54) is 88.2 Å². The molecule has 0 amide bonds. The monoisotopic (exact) mass is 624 g/mol. The van der Waals surface area contributed by atoms with Gasteiger partial charge in [0, 0.05) is 5.57 Å². The van der Waals surface area contributed by atoms with E-state index in [0.717, 1.165) is 31.3 Å². The third kappa shape index (κ3) is 13.4. The van der Waals surface area contributed by atoms with E-state index < -0.39 is 12.6 Å². The van der Waals surface area contributed by atoms with Crippen molar-refractivity contribution >= 4 is 11.9 Å². The number of carbonyl (C=O) groups excluding carboxylic acids is 2. The number of hydrogen-bond donors (Lipinski definition) is 1. The van der Waals surface area contributed by atoms with Crippen LogP contribution in [0.25, 0.3) is 0 Å². The van der Waals surface area contributed by atoms with Crippen molar-refractivity contribution in [2.45, 2.75) is 123 Å². The predicted octanol–water partition coefficient (Wildman–Crippen LogP) is 8.34. The topological polar surface area (TPSA) is 82.1 Å². The highest BCUT2D eigenvalue weighted by atomic mass is 16.5. The summed E-state index contributed by atoms with van der Waals surface area (Å²) in [6, 6.07) is 9.35. The van der Waals surface area contributed by atoms with Gasteiger partial charge in [0.1, 0.15) is 0 Å². The first-order valence-electron chi connectivity index (χ1n) is 17.8. The highest BCUT2D eigenvalue weighted by molar-refractivity contribution is 5.88. The minimum absolute atomic E-state index is 0.0482. The van der Waals surface area contributed by atoms with Crippen LogP contribution in [0.2, 0.25) is 0 Å². The Kier molecular flexibility index (Phi) is 17.0. The van der Waals surface area contributed by atoms with Gasteiger partial charge < -0.3 is 19.3 Å². The lowest BCUT2D eigenvalue weighted by molar-refractivity contribution is -0.141. The Hall–Kier alpha value is -2.44. The summed E-state index contributed by atoms with van der Waals surface area (Å²) in [6.45, 7) is 11.9. The smallest absolute Gasteiger partial charge is 0.335 e. The van der Waals surface area contributed by atoms with E-state index in [-0.39, 0.29) is 36.8 Å². The molecule has 1 aliphatic heterocycles. The van der Waals surface area contributed by atoms with Gasteiger partial charge in [0.25, 0.3) is 0 Å². The molecule has 2 aliphatic rings. The quantitative estimate of drug-likeness (QED) is 0.0892. The minimum atomic E-state index is -0.576. The molecule has 1 aromatic rings. The first kappa shape index (κ1) is 37.0. The van der Waals surface area contributed by atoms with Crippen LogP contribution in [-0.2, 0) is 36.6 Å². The van der Waals surface area contributed by atoms with Gasteiger partial charge in [-0.2, -0.15) is 0 Å². The van der Waals surface area contributed by atoms with Gasteiger partial charge in [0.2, 0.25) is 0 Å². The molecule has 45 heavy (non-hydrogen) atoms. The number of aliphatic hydroxyl groups is 1. The molecule has 3 rings (SSSR count). The summed E-state index contributed by atoms with van der Waals surface area (Å²) in [6.07, 6.45) is 19.0. The largest absolute Gasteiger partial charge is 0.462 e. The average molecular weight is 625 g/mol. The van der Waals surface area contributed by atoms with Crippen LogP contribution < -0.4 is 0 Å². The molecule has 1 aliphatic carbocycles. The number of hydrogen-bond acceptors (Lipinski definition) is 6. The fourth-order valence-electron chi connectivity index (χ4n) is 7.11. The van der Waals surface area contributed by atoms with Gasteiger partial charge in [-0.15, -0.1) is 0 Å². The molecule has 1 saturated heterocycles. The minimum Gasteiger partial charge on any atom is -0.462 e. The first-order valence-corrected chi connectivity index (χ1v) is 17.8. The Balaban J connectivity index is 1.34. The number of aryl methyl sites for hydroxylation is 2. The van der Waals surface area contributed by atoms with Crippen molar-refractivity contribution in [3.63, 3.8) is 0 Å². The second-order valence-corrected chi connectivity index (χ2v) is 13.7. The lowest BCUT2D eigenvalue weighted by atomic mass is 9.72. The van der Waals surface area contributed by atoms with Gasteiger partial charge in [0.05, 0.1) is 38.1 Å². The molecule has 0 radical (unpaired) electrons. The molecular weight excluding hydrogens is 564 g/mol. The van der Waals surface area contributed by atoms with Gasteiger partial charge in [-0.1, -0.05) is 82.9 Å². The van der Waals surface area contributed by atoms with Crippen molar-refractivity contribution < 1.29 is 28.9 Å². The number of benzene rings is 1. The summed E-state index contributed by atoms with van der Waals surface area (Å²) >= 11 is 0. The van der Waals surface area contributed by atoms with Crippen LogP contribution in [0.5, 0.6) is 0 Å². The van der Waals surface area contributed by atoms with Gasteiger partial charge >= 0.3 is 11.9 Å². The fourth-order valence-corrected chi connectivity index (χ4v) is 7.11. The molecule has 6 nitrogen and oxygen atoms in total. The number of carbonyl (C=O) groups is 2. The van der Waals surface area contributed by atoms with Gasteiger partial charge in [-0.3, -0.25) is 0 Å². The molecule has 3 atom stereocenters. The van der Waals surface area contributed by atoms with Crippen LogP contribution in [0.1, 0.15) is 115 Å². The van der Waals surface area contributed by atoms with E-state index in [2.05, 4.69) is 44.3 Å². The molecule has 6 heteroatoms. The highest BCUT2D eigenvalue weighted by Crippen LogP contribution is 2.40. The van der Waals surface area contributed by atoms with Crippen LogP contribution in [0.3, 0.4) is 0 Å².